The number of carbonyl (C=O) groups excluding carboxylic acids is 4. The van der Waals surface area contributed by atoms with Crippen LogP contribution in [0.25, 0.3) is 0 Å². The normalized spacial score (nSPS) is 17.2. The molecule has 0 spiro atoms. The minimum atomic E-state index is -3.71. The van der Waals surface area contributed by atoms with Crippen molar-refractivity contribution in [2.24, 2.45) is 0 Å². The zero-order chi connectivity index (χ0) is 30.4. The Kier molecular flexibility index (Phi) is 10.2. The van der Waals surface area contributed by atoms with Gasteiger partial charge in [0.15, 0.2) is 0 Å². The molecule has 4 rings (SSSR count). The fraction of sp³-hybridized carbons (Fsp3) is 0.500. The average Bonchev–Trinajstić information content (AvgIpc) is 3.34. The molecular weight excluding hydrogens is 584 g/mol. The van der Waals surface area contributed by atoms with Gasteiger partial charge in [0.25, 0.3) is 11.8 Å². The quantitative estimate of drug-likeness (QED) is 0.442. The molecule has 0 saturated carbocycles. The average molecular weight is 621 g/mol. The monoisotopic (exact) mass is 620 g/mol. The summed E-state index contributed by atoms with van der Waals surface area (Å²) in [6.07, 6.45) is 2.28. The third-order valence-corrected chi connectivity index (χ3v) is 10.4. The summed E-state index contributed by atoms with van der Waals surface area (Å²) < 4.78 is 38.1. The van der Waals surface area contributed by atoms with E-state index in [0.29, 0.717) is 30.0 Å². The number of carbonyl (C=O) groups is 4. The Morgan fingerprint density at radius 3 is 2.36 bits per heavy atom. The van der Waals surface area contributed by atoms with Crippen molar-refractivity contribution >= 4 is 50.4 Å². The zero-order valence-corrected chi connectivity index (χ0v) is 25.6. The number of thiophene rings is 1. The molecule has 1 atom stereocenters. The number of ether oxygens (including phenoxy) is 2. The van der Waals surface area contributed by atoms with Crippen molar-refractivity contribution in [3.8, 4) is 0 Å². The van der Waals surface area contributed by atoms with Crippen molar-refractivity contribution < 1.29 is 37.1 Å². The second-order valence-corrected chi connectivity index (χ2v) is 12.9. The van der Waals surface area contributed by atoms with Gasteiger partial charge in [0.05, 0.1) is 30.2 Å². The van der Waals surface area contributed by atoms with Gasteiger partial charge in [-0.15, -0.1) is 11.3 Å². The van der Waals surface area contributed by atoms with Crippen LogP contribution in [0, 0.1) is 0 Å². The Bertz CT molecular complexity index is 1440. The van der Waals surface area contributed by atoms with Gasteiger partial charge in [-0.3, -0.25) is 14.9 Å². The standard InChI is InChI=1S/C28H36N4O8S2/c1-4-19-9-7-8-15-32(19)42(37,38)20-12-10-18(11-13-20)24(33)29-26-23(25(34)30-27(35)39-5-2)21-14-16-31(17-22(21)41-26)28(36)40-6-3/h10-13,19H,4-9,14-17H2,1-3H3,(H,29,33)(H,30,34,35). The van der Waals surface area contributed by atoms with Gasteiger partial charge in [0.2, 0.25) is 10.0 Å². The highest BCUT2D eigenvalue weighted by Gasteiger charge is 2.34. The molecule has 1 fully saturated rings. The lowest BCUT2D eigenvalue weighted by atomic mass is 10.0. The molecule has 42 heavy (non-hydrogen) atoms. The molecule has 1 aromatic carbocycles. The number of sulfonamides is 1. The Balaban J connectivity index is 1.58. The second kappa shape index (κ2) is 13.7. The van der Waals surface area contributed by atoms with Crippen LogP contribution in [-0.4, -0.2) is 74.0 Å². The largest absolute Gasteiger partial charge is 0.450 e. The number of anilines is 1. The molecule has 228 valence electrons. The van der Waals surface area contributed by atoms with Crippen molar-refractivity contribution in [1.82, 2.24) is 14.5 Å². The van der Waals surface area contributed by atoms with E-state index in [1.54, 1.807) is 18.2 Å². The number of alkyl carbamates (subject to hydrolysis) is 1. The van der Waals surface area contributed by atoms with Gasteiger partial charge in [0, 0.05) is 29.6 Å². The van der Waals surface area contributed by atoms with E-state index in [1.807, 2.05) is 6.92 Å². The van der Waals surface area contributed by atoms with Gasteiger partial charge < -0.3 is 19.7 Å². The highest BCUT2D eigenvalue weighted by molar-refractivity contribution is 7.89. The van der Waals surface area contributed by atoms with Gasteiger partial charge >= 0.3 is 12.2 Å². The van der Waals surface area contributed by atoms with Gasteiger partial charge in [0.1, 0.15) is 5.00 Å². The third kappa shape index (κ3) is 6.76. The first-order valence-electron chi connectivity index (χ1n) is 14.1. The maximum atomic E-state index is 13.3. The van der Waals surface area contributed by atoms with Crippen LogP contribution >= 0.6 is 11.3 Å². The van der Waals surface area contributed by atoms with E-state index in [2.05, 4.69) is 10.6 Å². The van der Waals surface area contributed by atoms with E-state index in [1.165, 1.54) is 29.2 Å². The molecular formula is C28H36N4O8S2. The second-order valence-electron chi connectivity index (χ2n) is 9.91. The number of nitrogens with zero attached hydrogens (tertiary/aromatic N) is 2. The molecule has 4 amide bonds. The highest BCUT2D eigenvalue weighted by atomic mass is 32.2. The maximum absolute atomic E-state index is 13.3. The first kappa shape index (κ1) is 31.4. The lowest BCUT2D eigenvalue weighted by molar-refractivity contribution is 0.0924. The SMILES string of the molecule is CCOC(=O)NC(=O)c1c(NC(=O)c2ccc(S(=O)(=O)N3CCCCC3CC)cc2)sc2c1CCN(C(=O)OCC)C2. The van der Waals surface area contributed by atoms with Gasteiger partial charge in [-0.25, -0.2) is 18.0 Å². The number of fused-ring (bicyclic) bond motifs is 1. The van der Waals surface area contributed by atoms with E-state index >= 15 is 0 Å². The Morgan fingerprint density at radius 2 is 1.69 bits per heavy atom. The number of benzene rings is 1. The number of piperidine rings is 1. The van der Waals surface area contributed by atoms with E-state index in [9.17, 15) is 27.6 Å². The lowest BCUT2D eigenvalue weighted by Gasteiger charge is -2.34. The van der Waals surface area contributed by atoms with Gasteiger partial charge in [-0.1, -0.05) is 13.3 Å². The smallest absolute Gasteiger partial charge is 0.414 e. The molecule has 2 aliphatic rings. The van der Waals surface area contributed by atoms with Crippen molar-refractivity contribution in [3.63, 3.8) is 0 Å². The molecule has 14 heteroatoms. The van der Waals surface area contributed by atoms with Crippen LogP contribution in [0.2, 0.25) is 0 Å². The van der Waals surface area contributed by atoms with Gasteiger partial charge in [-0.05, 0) is 69.4 Å². The van der Waals surface area contributed by atoms with Crippen LogP contribution in [0.5, 0.6) is 0 Å². The molecule has 0 aliphatic carbocycles. The summed E-state index contributed by atoms with van der Waals surface area (Å²) >= 11 is 1.12. The van der Waals surface area contributed by atoms with E-state index in [4.69, 9.17) is 9.47 Å². The van der Waals surface area contributed by atoms with E-state index in [0.717, 1.165) is 37.0 Å². The van der Waals surface area contributed by atoms with Crippen LogP contribution in [-0.2, 0) is 32.5 Å². The van der Waals surface area contributed by atoms with Crippen LogP contribution in [0.3, 0.4) is 0 Å². The number of amides is 4. The Morgan fingerprint density at radius 1 is 0.976 bits per heavy atom. The number of nitrogens with one attached hydrogen (secondary N) is 2. The summed E-state index contributed by atoms with van der Waals surface area (Å²) in [4.78, 5) is 53.0. The van der Waals surface area contributed by atoms with Gasteiger partial charge in [-0.2, -0.15) is 4.31 Å². The predicted molar refractivity (Wildman–Crippen MR) is 156 cm³/mol. The lowest BCUT2D eigenvalue weighted by Crippen LogP contribution is -2.43. The molecule has 2 aromatic rings. The van der Waals surface area contributed by atoms with Crippen LogP contribution in [0.1, 0.15) is 77.6 Å². The van der Waals surface area contributed by atoms with E-state index < -0.39 is 34.0 Å². The first-order chi connectivity index (χ1) is 20.1. The number of imide groups is 1. The molecule has 3 heterocycles. The fourth-order valence-corrected chi connectivity index (χ4v) is 8.24. The summed E-state index contributed by atoms with van der Waals surface area (Å²) in [5, 5.41) is 5.13. The van der Waals surface area contributed by atoms with Crippen LogP contribution < -0.4 is 10.6 Å². The molecule has 1 saturated heterocycles. The maximum Gasteiger partial charge on any atom is 0.414 e. The van der Waals surface area contributed by atoms with Crippen molar-refractivity contribution in [2.45, 2.75) is 70.4 Å². The van der Waals surface area contributed by atoms with Crippen LogP contribution in [0.4, 0.5) is 14.6 Å². The third-order valence-electron chi connectivity index (χ3n) is 7.30. The number of hydrogen-bond donors (Lipinski definition) is 2. The molecule has 12 nitrogen and oxygen atoms in total. The molecule has 1 aromatic heterocycles. The number of rotatable bonds is 8. The van der Waals surface area contributed by atoms with Crippen LogP contribution in [0.15, 0.2) is 29.2 Å². The summed E-state index contributed by atoms with van der Waals surface area (Å²) in [6, 6.07) is 5.64. The summed E-state index contributed by atoms with van der Waals surface area (Å²) in [5.74, 6) is -1.30. The van der Waals surface area contributed by atoms with Crippen molar-refractivity contribution in [2.75, 3.05) is 31.6 Å². The Hall–Kier alpha value is -3.49. The molecule has 0 bridgehead atoms. The zero-order valence-electron chi connectivity index (χ0n) is 23.9. The predicted octanol–water partition coefficient (Wildman–Crippen LogP) is 4.35. The first-order valence-corrected chi connectivity index (χ1v) is 16.3. The minimum Gasteiger partial charge on any atom is -0.450 e. The molecule has 2 N–H and O–H groups in total. The van der Waals surface area contributed by atoms with Crippen molar-refractivity contribution in [3.05, 3.63) is 45.8 Å². The highest BCUT2D eigenvalue weighted by Crippen LogP contribution is 2.38. The summed E-state index contributed by atoms with van der Waals surface area (Å²) in [7, 11) is -3.71. The molecule has 0 radical (unpaired) electrons. The fourth-order valence-electron chi connectivity index (χ4n) is 5.21. The van der Waals surface area contributed by atoms with Crippen molar-refractivity contribution in [1.29, 1.82) is 0 Å². The topological polar surface area (TPSA) is 151 Å². The molecule has 1 unspecified atom stereocenters. The number of hydrogen-bond acceptors (Lipinski definition) is 9. The minimum absolute atomic E-state index is 0.0458. The van der Waals surface area contributed by atoms with E-state index in [-0.39, 0.29) is 46.8 Å². The molecule has 2 aliphatic heterocycles. The Labute approximate surface area is 249 Å². The summed E-state index contributed by atoms with van der Waals surface area (Å²) in [5.41, 5.74) is 0.928. The summed E-state index contributed by atoms with van der Waals surface area (Å²) in [6.45, 7) is 6.52.